The first-order chi connectivity index (χ1) is 6.65. The van der Waals surface area contributed by atoms with E-state index in [0.29, 0.717) is 12.3 Å². The number of carbonyl (C=O) groups excluding carboxylic acids is 1. The van der Waals surface area contributed by atoms with Crippen molar-refractivity contribution >= 4 is 55.1 Å². The molecule has 1 rings (SSSR count). The lowest BCUT2D eigenvalue weighted by Crippen LogP contribution is -2.12. The first-order valence-corrected chi connectivity index (χ1v) is 6.07. The number of carbonyl (C=O) groups is 1. The summed E-state index contributed by atoms with van der Waals surface area (Å²) in [6.07, 6.45) is 0.315. The SMILES string of the molecule is O=C(CCCl)Nc1c(Br)cccc1Br. The first-order valence-electron chi connectivity index (χ1n) is 3.95. The van der Waals surface area contributed by atoms with Crippen LogP contribution >= 0.6 is 43.5 Å². The van der Waals surface area contributed by atoms with Crippen molar-refractivity contribution in [2.24, 2.45) is 0 Å². The van der Waals surface area contributed by atoms with Crippen molar-refractivity contribution in [1.29, 1.82) is 0 Å². The third-order valence-electron chi connectivity index (χ3n) is 1.55. The Morgan fingerprint density at radius 3 is 2.43 bits per heavy atom. The molecule has 1 aromatic rings. The molecule has 1 aromatic carbocycles. The van der Waals surface area contributed by atoms with Gasteiger partial charge in [0, 0.05) is 21.2 Å². The smallest absolute Gasteiger partial charge is 0.225 e. The lowest BCUT2D eigenvalue weighted by molar-refractivity contribution is -0.115. The topological polar surface area (TPSA) is 29.1 Å². The van der Waals surface area contributed by atoms with Crippen LogP contribution < -0.4 is 5.32 Å². The Kier molecular flexibility index (Phi) is 4.92. The van der Waals surface area contributed by atoms with Gasteiger partial charge in [0.1, 0.15) is 0 Å². The van der Waals surface area contributed by atoms with E-state index in [9.17, 15) is 4.79 Å². The highest BCUT2D eigenvalue weighted by molar-refractivity contribution is 9.11. The summed E-state index contributed by atoms with van der Waals surface area (Å²) in [5.41, 5.74) is 0.739. The molecule has 0 radical (unpaired) electrons. The lowest BCUT2D eigenvalue weighted by atomic mass is 10.3. The molecule has 0 unspecified atom stereocenters. The van der Waals surface area contributed by atoms with Gasteiger partial charge >= 0.3 is 0 Å². The summed E-state index contributed by atoms with van der Waals surface area (Å²) >= 11 is 12.2. The molecule has 0 atom stereocenters. The fraction of sp³-hybridized carbons (Fsp3) is 0.222. The standard InChI is InChI=1S/C9H8Br2ClNO/c10-6-2-1-3-7(11)9(6)13-8(14)4-5-12/h1-3H,4-5H2,(H,13,14). The molecule has 0 aromatic heterocycles. The molecule has 0 aliphatic rings. The van der Waals surface area contributed by atoms with Gasteiger partial charge in [0.15, 0.2) is 0 Å². The van der Waals surface area contributed by atoms with Crippen LogP contribution in [0.5, 0.6) is 0 Å². The van der Waals surface area contributed by atoms with Crippen molar-refractivity contribution in [3.8, 4) is 0 Å². The monoisotopic (exact) mass is 339 g/mol. The Morgan fingerprint density at radius 2 is 1.93 bits per heavy atom. The van der Waals surface area contributed by atoms with Crippen LogP contribution in [0.1, 0.15) is 6.42 Å². The number of benzene rings is 1. The lowest BCUT2D eigenvalue weighted by Gasteiger charge is -2.08. The van der Waals surface area contributed by atoms with E-state index in [1.54, 1.807) is 0 Å². The van der Waals surface area contributed by atoms with Crippen LogP contribution in [0.4, 0.5) is 5.69 Å². The average Bonchev–Trinajstić information content (AvgIpc) is 2.12. The maximum absolute atomic E-state index is 11.3. The zero-order chi connectivity index (χ0) is 10.6. The molecule has 0 aliphatic carbocycles. The largest absolute Gasteiger partial charge is 0.324 e. The van der Waals surface area contributed by atoms with E-state index in [4.69, 9.17) is 11.6 Å². The van der Waals surface area contributed by atoms with Gasteiger partial charge < -0.3 is 5.32 Å². The van der Waals surface area contributed by atoms with Crippen LogP contribution in [-0.4, -0.2) is 11.8 Å². The summed E-state index contributed by atoms with van der Waals surface area (Å²) in [7, 11) is 0. The summed E-state index contributed by atoms with van der Waals surface area (Å²) in [6, 6.07) is 5.60. The number of hydrogen-bond donors (Lipinski definition) is 1. The maximum Gasteiger partial charge on any atom is 0.225 e. The molecule has 1 amide bonds. The van der Waals surface area contributed by atoms with Gasteiger partial charge in [-0.05, 0) is 44.0 Å². The van der Waals surface area contributed by atoms with Gasteiger partial charge in [-0.15, -0.1) is 11.6 Å². The number of rotatable bonds is 3. The molecular formula is C9H8Br2ClNO. The van der Waals surface area contributed by atoms with E-state index in [1.807, 2.05) is 18.2 Å². The van der Waals surface area contributed by atoms with E-state index < -0.39 is 0 Å². The Bertz CT molecular complexity index is 323. The number of hydrogen-bond acceptors (Lipinski definition) is 1. The molecule has 0 bridgehead atoms. The van der Waals surface area contributed by atoms with Crippen LogP contribution in [0, 0.1) is 0 Å². The number of amides is 1. The zero-order valence-corrected chi connectivity index (χ0v) is 11.1. The van der Waals surface area contributed by atoms with E-state index in [1.165, 1.54) is 0 Å². The van der Waals surface area contributed by atoms with E-state index in [0.717, 1.165) is 14.6 Å². The predicted octanol–water partition coefficient (Wildman–Crippen LogP) is 3.78. The van der Waals surface area contributed by atoms with Crippen molar-refractivity contribution in [1.82, 2.24) is 0 Å². The summed E-state index contributed by atoms with van der Waals surface area (Å²) in [4.78, 5) is 11.3. The normalized spacial score (nSPS) is 9.93. The van der Waals surface area contributed by atoms with Gasteiger partial charge in [-0.1, -0.05) is 6.07 Å². The third kappa shape index (κ3) is 3.26. The summed E-state index contributed by atoms with van der Waals surface area (Å²) < 4.78 is 1.68. The van der Waals surface area contributed by atoms with Gasteiger partial charge in [-0.3, -0.25) is 4.79 Å². The van der Waals surface area contributed by atoms with Crippen molar-refractivity contribution in [2.45, 2.75) is 6.42 Å². The quantitative estimate of drug-likeness (QED) is 0.833. The number of alkyl halides is 1. The Hall–Kier alpha value is -0.0600. The molecule has 5 heteroatoms. The van der Waals surface area contributed by atoms with Crippen molar-refractivity contribution < 1.29 is 4.79 Å². The van der Waals surface area contributed by atoms with E-state index in [2.05, 4.69) is 37.2 Å². The van der Waals surface area contributed by atoms with Gasteiger partial charge in [0.2, 0.25) is 5.91 Å². The molecule has 0 saturated carbocycles. The Balaban J connectivity index is 2.80. The second kappa shape index (κ2) is 5.73. The fourth-order valence-electron chi connectivity index (χ4n) is 0.905. The third-order valence-corrected chi connectivity index (χ3v) is 3.06. The van der Waals surface area contributed by atoms with Gasteiger partial charge in [0.05, 0.1) is 5.69 Å². The predicted molar refractivity (Wildman–Crippen MR) is 65.8 cm³/mol. The molecular weight excluding hydrogens is 333 g/mol. The molecule has 76 valence electrons. The van der Waals surface area contributed by atoms with Crippen LogP contribution in [0.15, 0.2) is 27.1 Å². The second-order valence-electron chi connectivity index (χ2n) is 2.58. The van der Waals surface area contributed by atoms with Gasteiger partial charge in [0.25, 0.3) is 0 Å². The average molecular weight is 341 g/mol. The molecule has 14 heavy (non-hydrogen) atoms. The fourth-order valence-corrected chi connectivity index (χ4v) is 2.27. The molecule has 0 heterocycles. The van der Waals surface area contributed by atoms with Crippen LogP contribution in [0.2, 0.25) is 0 Å². The van der Waals surface area contributed by atoms with E-state index in [-0.39, 0.29) is 5.91 Å². The molecule has 2 nitrogen and oxygen atoms in total. The zero-order valence-electron chi connectivity index (χ0n) is 7.19. The minimum Gasteiger partial charge on any atom is -0.324 e. The minimum atomic E-state index is -0.0902. The van der Waals surface area contributed by atoms with Crippen molar-refractivity contribution in [3.63, 3.8) is 0 Å². The number of anilines is 1. The van der Waals surface area contributed by atoms with Crippen molar-refractivity contribution in [3.05, 3.63) is 27.1 Å². The highest BCUT2D eigenvalue weighted by atomic mass is 79.9. The molecule has 0 saturated heterocycles. The highest BCUT2D eigenvalue weighted by Gasteiger charge is 2.07. The Morgan fingerprint density at radius 1 is 1.36 bits per heavy atom. The number of halogens is 3. The highest BCUT2D eigenvalue weighted by Crippen LogP contribution is 2.30. The molecule has 0 aliphatic heterocycles. The van der Waals surface area contributed by atoms with Crippen LogP contribution in [0.3, 0.4) is 0 Å². The molecule has 0 fully saturated rings. The number of para-hydroxylation sites is 1. The summed E-state index contributed by atoms with van der Waals surface area (Å²) in [5.74, 6) is 0.237. The Labute approximate surface area is 104 Å². The summed E-state index contributed by atoms with van der Waals surface area (Å²) in [6.45, 7) is 0. The van der Waals surface area contributed by atoms with Crippen LogP contribution in [0.25, 0.3) is 0 Å². The van der Waals surface area contributed by atoms with Crippen LogP contribution in [-0.2, 0) is 4.79 Å². The molecule has 1 N–H and O–H groups in total. The van der Waals surface area contributed by atoms with E-state index >= 15 is 0 Å². The molecule has 0 spiro atoms. The van der Waals surface area contributed by atoms with Gasteiger partial charge in [-0.25, -0.2) is 0 Å². The van der Waals surface area contributed by atoms with Crippen molar-refractivity contribution in [2.75, 3.05) is 11.2 Å². The van der Waals surface area contributed by atoms with Gasteiger partial charge in [-0.2, -0.15) is 0 Å². The minimum absolute atomic E-state index is 0.0902. The maximum atomic E-state index is 11.3. The second-order valence-corrected chi connectivity index (χ2v) is 4.67. The number of nitrogens with one attached hydrogen (secondary N) is 1. The first kappa shape index (κ1) is 12.0. The summed E-state index contributed by atoms with van der Waals surface area (Å²) in [5, 5.41) is 2.76.